The van der Waals surface area contributed by atoms with Crippen molar-refractivity contribution in [3.05, 3.63) is 59.7 Å². The summed E-state index contributed by atoms with van der Waals surface area (Å²) in [5.41, 5.74) is 1.37. The summed E-state index contributed by atoms with van der Waals surface area (Å²) in [5.74, 6) is 0.997. The Labute approximate surface area is 195 Å². The highest BCUT2D eigenvalue weighted by atomic mass is 16.5. The van der Waals surface area contributed by atoms with Gasteiger partial charge in [-0.05, 0) is 68.5 Å². The second-order valence-corrected chi connectivity index (χ2v) is 9.28. The average Bonchev–Trinajstić information content (AvgIpc) is 3.00. The number of carbonyl (C=O) groups excluding carboxylic acids is 2. The number of rotatable bonds is 7. The number of hydrogen-bond acceptors (Lipinski definition) is 5. The van der Waals surface area contributed by atoms with Crippen LogP contribution in [0.3, 0.4) is 0 Å². The quantitative estimate of drug-likeness (QED) is 0.651. The van der Waals surface area contributed by atoms with Gasteiger partial charge in [0.05, 0.1) is 7.11 Å². The topological polar surface area (TPSA) is 73.3 Å². The van der Waals surface area contributed by atoms with Crippen LogP contribution < -0.4 is 4.74 Å². The van der Waals surface area contributed by atoms with E-state index in [1.165, 1.54) is 4.90 Å². The minimum absolute atomic E-state index is 0.0609. The number of benzene rings is 2. The van der Waals surface area contributed by atoms with Crippen LogP contribution >= 0.6 is 0 Å². The molecule has 2 aliphatic rings. The van der Waals surface area contributed by atoms with Crippen LogP contribution in [-0.2, 0) is 17.8 Å². The highest BCUT2D eigenvalue weighted by Crippen LogP contribution is 2.38. The molecule has 2 fully saturated rings. The van der Waals surface area contributed by atoms with E-state index in [-0.39, 0.29) is 23.7 Å². The van der Waals surface area contributed by atoms with Crippen LogP contribution in [0.4, 0.5) is 4.79 Å². The zero-order chi connectivity index (χ0) is 23.6. The molecule has 1 N–H and O–H groups in total. The molecule has 2 heterocycles. The van der Waals surface area contributed by atoms with Crippen LogP contribution in [0, 0.1) is 0 Å². The Bertz CT molecular complexity index is 997. The van der Waals surface area contributed by atoms with E-state index in [0.717, 1.165) is 30.0 Å². The minimum Gasteiger partial charge on any atom is -0.508 e. The van der Waals surface area contributed by atoms with E-state index in [4.69, 9.17) is 4.74 Å². The van der Waals surface area contributed by atoms with E-state index in [1.54, 1.807) is 19.2 Å². The number of nitrogens with zero attached hydrogens (tertiary/aromatic N) is 3. The van der Waals surface area contributed by atoms with Gasteiger partial charge < -0.3 is 14.7 Å². The lowest BCUT2D eigenvalue weighted by Crippen LogP contribution is -2.56. The number of piperidine rings is 1. The van der Waals surface area contributed by atoms with Gasteiger partial charge in [0.25, 0.3) is 5.91 Å². The Morgan fingerprint density at radius 3 is 2.33 bits per heavy atom. The van der Waals surface area contributed by atoms with E-state index in [0.29, 0.717) is 32.4 Å². The van der Waals surface area contributed by atoms with Gasteiger partial charge in [0, 0.05) is 32.2 Å². The summed E-state index contributed by atoms with van der Waals surface area (Å²) in [6.45, 7) is 6.46. The molecule has 0 aromatic heterocycles. The summed E-state index contributed by atoms with van der Waals surface area (Å²) in [7, 11) is 1.64. The summed E-state index contributed by atoms with van der Waals surface area (Å²) in [6.07, 6.45) is 1.91. The number of likely N-dealkylation sites (tertiary alicyclic amines) is 1. The number of imide groups is 1. The predicted molar refractivity (Wildman–Crippen MR) is 126 cm³/mol. The first-order valence-corrected chi connectivity index (χ1v) is 11.6. The van der Waals surface area contributed by atoms with Crippen LogP contribution in [0.2, 0.25) is 0 Å². The number of phenols is 1. The van der Waals surface area contributed by atoms with Crippen molar-refractivity contribution in [2.45, 2.75) is 51.2 Å². The number of methoxy groups -OCH3 is 1. The van der Waals surface area contributed by atoms with Crippen LogP contribution in [0.5, 0.6) is 11.5 Å². The Morgan fingerprint density at radius 2 is 1.73 bits per heavy atom. The van der Waals surface area contributed by atoms with Crippen molar-refractivity contribution in [1.82, 2.24) is 14.7 Å². The number of amides is 3. The van der Waals surface area contributed by atoms with E-state index in [2.05, 4.69) is 4.90 Å². The smallest absolute Gasteiger partial charge is 0.327 e. The second-order valence-electron chi connectivity index (χ2n) is 9.28. The molecular formula is C26H33N3O4. The number of ether oxygens (including phenoxy) is 1. The molecule has 7 heteroatoms. The van der Waals surface area contributed by atoms with Crippen molar-refractivity contribution in [3.63, 3.8) is 0 Å². The predicted octanol–water partition coefficient (Wildman–Crippen LogP) is 3.65. The normalized spacial score (nSPS) is 18.5. The van der Waals surface area contributed by atoms with Crippen molar-refractivity contribution in [2.75, 3.05) is 26.7 Å². The number of carbonyl (C=O) groups is 2. The molecule has 1 spiro atoms. The van der Waals surface area contributed by atoms with Crippen LogP contribution in [0.25, 0.3) is 0 Å². The Kier molecular flexibility index (Phi) is 6.61. The SMILES string of the molecule is COc1ccc(CCN2C(=O)N(C(C)C)C(=O)C23CCN(Cc2cccc(O)c2)CC3)cc1. The maximum absolute atomic E-state index is 13.5. The van der Waals surface area contributed by atoms with Crippen molar-refractivity contribution in [1.29, 1.82) is 0 Å². The largest absolute Gasteiger partial charge is 0.508 e. The lowest BCUT2D eigenvalue weighted by molar-refractivity contribution is -0.136. The van der Waals surface area contributed by atoms with Crippen LogP contribution in [-0.4, -0.2) is 70.1 Å². The van der Waals surface area contributed by atoms with Gasteiger partial charge in [-0.15, -0.1) is 0 Å². The van der Waals surface area contributed by atoms with Crippen LogP contribution in [0.1, 0.15) is 37.8 Å². The monoisotopic (exact) mass is 451 g/mol. The van der Waals surface area contributed by atoms with Gasteiger partial charge in [0.15, 0.2) is 0 Å². The van der Waals surface area contributed by atoms with Gasteiger partial charge in [-0.3, -0.25) is 14.6 Å². The van der Waals surface area contributed by atoms with E-state index in [9.17, 15) is 14.7 Å². The summed E-state index contributed by atoms with van der Waals surface area (Å²) in [4.78, 5) is 32.4. The average molecular weight is 452 g/mol. The number of urea groups is 1. The third-order valence-electron chi connectivity index (χ3n) is 6.87. The van der Waals surface area contributed by atoms with Crippen LogP contribution in [0.15, 0.2) is 48.5 Å². The Balaban J connectivity index is 1.49. The summed E-state index contributed by atoms with van der Waals surface area (Å²) < 4.78 is 5.23. The van der Waals surface area contributed by atoms with Gasteiger partial charge in [-0.25, -0.2) is 4.79 Å². The van der Waals surface area contributed by atoms with Gasteiger partial charge in [0.1, 0.15) is 17.0 Å². The lowest BCUT2D eigenvalue weighted by Gasteiger charge is -2.42. The van der Waals surface area contributed by atoms with Crippen molar-refractivity contribution in [2.24, 2.45) is 0 Å². The zero-order valence-electron chi connectivity index (χ0n) is 19.7. The molecule has 2 aromatic carbocycles. The summed E-state index contributed by atoms with van der Waals surface area (Å²) >= 11 is 0. The molecular weight excluding hydrogens is 418 g/mol. The third kappa shape index (κ3) is 4.55. The first kappa shape index (κ1) is 23.1. The molecule has 0 radical (unpaired) electrons. The van der Waals surface area contributed by atoms with Gasteiger partial charge >= 0.3 is 6.03 Å². The molecule has 0 saturated carbocycles. The van der Waals surface area contributed by atoms with E-state index in [1.807, 2.05) is 55.1 Å². The van der Waals surface area contributed by atoms with Crippen molar-refractivity contribution < 1.29 is 19.4 Å². The fourth-order valence-corrected chi connectivity index (χ4v) is 5.02. The van der Waals surface area contributed by atoms with Crippen molar-refractivity contribution in [3.8, 4) is 11.5 Å². The molecule has 2 aliphatic heterocycles. The zero-order valence-corrected chi connectivity index (χ0v) is 19.7. The Morgan fingerprint density at radius 1 is 1.03 bits per heavy atom. The van der Waals surface area contributed by atoms with E-state index >= 15 is 0 Å². The molecule has 176 valence electrons. The van der Waals surface area contributed by atoms with Gasteiger partial charge in [-0.2, -0.15) is 0 Å². The maximum atomic E-state index is 13.5. The highest BCUT2D eigenvalue weighted by molar-refractivity contribution is 6.07. The number of phenolic OH excluding ortho intramolecular Hbond substituents is 1. The maximum Gasteiger partial charge on any atom is 0.327 e. The first-order valence-electron chi connectivity index (χ1n) is 11.6. The molecule has 0 aliphatic carbocycles. The lowest BCUT2D eigenvalue weighted by atomic mass is 9.85. The molecule has 33 heavy (non-hydrogen) atoms. The highest BCUT2D eigenvalue weighted by Gasteiger charge is 2.58. The summed E-state index contributed by atoms with van der Waals surface area (Å²) in [6, 6.07) is 14.8. The van der Waals surface area contributed by atoms with Gasteiger partial charge in [-0.1, -0.05) is 24.3 Å². The molecule has 7 nitrogen and oxygen atoms in total. The fraction of sp³-hybridized carbons (Fsp3) is 0.462. The summed E-state index contributed by atoms with van der Waals surface area (Å²) in [5, 5.41) is 9.75. The van der Waals surface area contributed by atoms with E-state index < -0.39 is 5.54 Å². The fourth-order valence-electron chi connectivity index (χ4n) is 5.02. The molecule has 0 bridgehead atoms. The standard InChI is InChI=1S/C26H33N3O4/c1-19(2)29-24(31)26(12-15-27(16-13-26)18-21-5-4-6-22(30)17-21)28(25(29)32)14-11-20-7-9-23(33-3)10-8-20/h4-10,17,19,30H,11-16,18H2,1-3H3. The van der Waals surface area contributed by atoms with Gasteiger partial charge in [0.2, 0.25) is 0 Å². The number of hydrogen-bond donors (Lipinski definition) is 1. The molecule has 4 rings (SSSR count). The Hall–Kier alpha value is -3.06. The minimum atomic E-state index is -0.775. The molecule has 0 unspecified atom stereocenters. The van der Waals surface area contributed by atoms with Crippen molar-refractivity contribution >= 4 is 11.9 Å². The molecule has 0 atom stereocenters. The number of aromatic hydroxyl groups is 1. The first-order chi connectivity index (χ1) is 15.8. The third-order valence-corrected chi connectivity index (χ3v) is 6.87. The second kappa shape index (κ2) is 9.43. The molecule has 3 amide bonds. The molecule has 2 aromatic rings. The molecule has 2 saturated heterocycles.